The molecule has 2 fully saturated rings. The minimum atomic E-state index is 0.297. The van der Waals surface area contributed by atoms with Crippen LogP contribution >= 0.6 is 0 Å². The lowest BCUT2D eigenvalue weighted by Crippen LogP contribution is -2.50. The standard InChI is InChI=1S/C14H26N2O/c1-12-7-6-9-15(11-12)14(17)16-10-5-3-4-8-13(16)2/h12-13H,3-11H2,1-2H3. The first-order valence-electron chi connectivity index (χ1n) is 7.24. The zero-order valence-electron chi connectivity index (χ0n) is 11.3. The topological polar surface area (TPSA) is 23.6 Å². The van der Waals surface area contributed by atoms with Crippen LogP contribution in [0.4, 0.5) is 4.79 Å². The normalized spacial score (nSPS) is 31.2. The highest BCUT2D eigenvalue weighted by molar-refractivity contribution is 5.75. The van der Waals surface area contributed by atoms with Crippen molar-refractivity contribution in [3.8, 4) is 0 Å². The van der Waals surface area contributed by atoms with Crippen LogP contribution in [0.5, 0.6) is 0 Å². The summed E-state index contributed by atoms with van der Waals surface area (Å²) in [5.41, 5.74) is 0. The van der Waals surface area contributed by atoms with Crippen molar-refractivity contribution in [2.75, 3.05) is 19.6 Å². The summed E-state index contributed by atoms with van der Waals surface area (Å²) in [6.45, 7) is 7.35. The molecule has 17 heavy (non-hydrogen) atoms. The van der Waals surface area contributed by atoms with Gasteiger partial charge in [-0.2, -0.15) is 0 Å². The van der Waals surface area contributed by atoms with Crippen molar-refractivity contribution in [1.29, 1.82) is 0 Å². The number of rotatable bonds is 0. The predicted octanol–water partition coefficient (Wildman–Crippen LogP) is 3.10. The number of carbonyl (C=O) groups excluding carboxylic acids is 1. The van der Waals surface area contributed by atoms with Crippen molar-refractivity contribution >= 4 is 6.03 Å². The van der Waals surface area contributed by atoms with E-state index < -0.39 is 0 Å². The van der Waals surface area contributed by atoms with E-state index in [1.165, 1.54) is 38.5 Å². The van der Waals surface area contributed by atoms with Crippen LogP contribution in [-0.4, -0.2) is 41.5 Å². The molecule has 0 aromatic rings. The van der Waals surface area contributed by atoms with E-state index in [2.05, 4.69) is 23.6 Å². The molecule has 0 aromatic heterocycles. The minimum absolute atomic E-state index is 0.297. The smallest absolute Gasteiger partial charge is 0.320 e. The Bertz CT molecular complexity index is 267. The molecule has 0 bridgehead atoms. The SMILES string of the molecule is CC1CCCN(C(=O)N2CCCCCC2C)C1. The third-order valence-corrected chi connectivity index (χ3v) is 4.23. The molecule has 0 radical (unpaired) electrons. The number of likely N-dealkylation sites (tertiary alicyclic amines) is 2. The third-order valence-electron chi connectivity index (χ3n) is 4.23. The molecule has 0 saturated carbocycles. The van der Waals surface area contributed by atoms with Crippen LogP contribution in [0, 0.1) is 5.92 Å². The minimum Gasteiger partial charge on any atom is -0.324 e. The van der Waals surface area contributed by atoms with Gasteiger partial charge in [0.2, 0.25) is 0 Å². The molecule has 2 amide bonds. The lowest BCUT2D eigenvalue weighted by Gasteiger charge is -2.37. The van der Waals surface area contributed by atoms with Gasteiger partial charge in [0, 0.05) is 25.7 Å². The Morgan fingerprint density at radius 2 is 1.82 bits per heavy atom. The number of nitrogens with zero attached hydrogens (tertiary/aromatic N) is 2. The molecule has 2 rings (SSSR count). The molecular formula is C14H26N2O. The summed E-state index contributed by atoms with van der Waals surface area (Å²) in [4.78, 5) is 16.7. The molecule has 2 aliphatic heterocycles. The fourth-order valence-corrected chi connectivity index (χ4v) is 3.10. The molecule has 0 spiro atoms. The van der Waals surface area contributed by atoms with Crippen LogP contribution in [0.2, 0.25) is 0 Å². The van der Waals surface area contributed by atoms with Gasteiger partial charge in [0.15, 0.2) is 0 Å². The molecule has 3 heteroatoms. The van der Waals surface area contributed by atoms with Gasteiger partial charge in [-0.3, -0.25) is 0 Å². The molecule has 2 unspecified atom stereocenters. The largest absolute Gasteiger partial charge is 0.324 e. The summed E-state index contributed by atoms with van der Waals surface area (Å²) < 4.78 is 0. The quantitative estimate of drug-likeness (QED) is 0.636. The Morgan fingerprint density at radius 1 is 1.00 bits per heavy atom. The Balaban J connectivity index is 1.97. The maximum absolute atomic E-state index is 12.5. The number of piperidine rings is 1. The van der Waals surface area contributed by atoms with Crippen LogP contribution < -0.4 is 0 Å². The van der Waals surface area contributed by atoms with Crippen molar-refractivity contribution in [3.05, 3.63) is 0 Å². The summed E-state index contributed by atoms with van der Waals surface area (Å²) in [5, 5.41) is 0. The highest BCUT2D eigenvalue weighted by atomic mass is 16.2. The molecule has 0 aromatic carbocycles. The van der Waals surface area contributed by atoms with Gasteiger partial charge in [-0.05, 0) is 38.5 Å². The van der Waals surface area contributed by atoms with E-state index >= 15 is 0 Å². The van der Waals surface area contributed by atoms with Crippen molar-refractivity contribution in [1.82, 2.24) is 9.80 Å². The zero-order chi connectivity index (χ0) is 12.3. The monoisotopic (exact) mass is 238 g/mol. The van der Waals surface area contributed by atoms with Crippen molar-refractivity contribution < 1.29 is 4.79 Å². The molecule has 2 heterocycles. The number of hydrogen-bond acceptors (Lipinski definition) is 1. The van der Waals surface area contributed by atoms with Gasteiger partial charge in [0.1, 0.15) is 0 Å². The maximum atomic E-state index is 12.5. The van der Waals surface area contributed by atoms with Gasteiger partial charge in [-0.25, -0.2) is 4.79 Å². The van der Waals surface area contributed by atoms with Gasteiger partial charge in [0.25, 0.3) is 0 Å². The van der Waals surface area contributed by atoms with E-state index in [1.807, 2.05) is 0 Å². The summed E-state index contributed by atoms with van der Waals surface area (Å²) in [6.07, 6.45) is 7.37. The van der Waals surface area contributed by atoms with Crippen molar-refractivity contribution in [3.63, 3.8) is 0 Å². The molecule has 3 nitrogen and oxygen atoms in total. The lowest BCUT2D eigenvalue weighted by molar-refractivity contribution is 0.119. The van der Waals surface area contributed by atoms with E-state index in [9.17, 15) is 4.79 Å². The van der Waals surface area contributed by atoms with Crippen LogP contribution in [0.15, 0.2) is 0 Å². The highest BCUT2D eigenvalue weighted by Crippen LogP contribution is 2.21. The summed E-state index contributed by atoms with van der Waals surface area (Å²) in [7, 11) is 0. The molecule has 2 saturated heterocycles. The maximum Gasteiger partial charge on any atom is 0.320 e. The van der Waals surface area contributed by atoms with Gasteiger partial charge in [-0.1, -0.05) is 19.8 Å². The predicted molar refractivity (Wildman–Crippen MR) is 70.0 cm³/mol. The number of amides is 2. The Morgan fingerprint density at radius 3 is 2.59 bits per heavy atom. The van der Waals surface area contributed by atoms with Crippen molar-refractivity contribution in [2.45, 2.75) is 58.4 Å². The first-order valence-corrected chi connectivity index (χ1v) is 7.24. The average molecular weight is 238 g/mol. The van der Waals surface area contributed by atoms with E-state index in [0.717, 1.165) is 19.6 Å². The second kappa shape index (κ2) is 5.74. The number of urea groups is 1. The van der Waals surface area contributed by atoms with E-state index in [1.54, 1.807) is 0 Å². The van der Waals surface area contributed by atoms with Crippen LogP contribution in [0.1, 0.15) is 52.4 Å². The van der Waals surface area contributed by atoms with Crippen LogP contribution in [-0.2, 0) is 0 Å². The molecule has 0 aliphatic carbocycles. The summed E-state index contributed by atoms with van der Waals surface area (Å²) >= 11 is 0. The second-order valence-electron chi connectivity index (χ2n) is 5.87. The van der Waals surface area contributed by atoms with Gasteiger partial charge >= 0.3 is 6.03 Å². The number of hydrogen-bond donors (Lipinski definition) is 0. The van der Waals surface area contributed by atoms with Gasteiger partial charge in [0.05, 0.1) is 0 Å². The lowest BCUT2D eigenvalue weighted by atomic mass is 10.0. The number of carbonyl (C=O) groups is 1. The summed E-state index contributed by atoms with van der Waals surface area (Å²) in [6, 6.07) is 0.730. The van der Waals surface area contributed by atoms with E-state index in [-0.39, 0.29) is 0 Å². The Kier molecular flexibility index (Phi) is 4.30. The van der Waals surface area contributed by atoms with E-state index in [0.29, 0.717) is 18.0 Å². The van der Waals surface area contributed by atoms with E-state index in [4.69, 9.17) is 0 Å². The van der Waals surface area contributed by atoms with Crippen molar-refractivity contribution in [2.24, 2.45) is 5.92 Å². The Hall–Kier alpha value is -0.730. The fourth-order valence-electron chi connectivity index (χ4n) is 3.10. The molecule has 2 atom stereocenters. The molecule has 98 valence electrons. The second-order valence-corrected chi connectivity index (χ2v) is 5.87. The van der Waals surface area contributed by atoms with Crippen LogP contribution in [0.25, 0.3) is 0 Å². The fraction of sp³-hybridized carbons (Fsp3) is 0.929. The Labute approximate surface area is 105 Å². The van der Waals surface area contributed by atoms with Gasteiger partial charge < -0.3 is 9.80 Å². The molecule has 2 aliphatic rings. The van der Waals surface area contributed by atoms with Crippen LogP contribution in [0.3, 0.4) is 0 Å². The average Bonchev–Trinajstić information content (AvgIpc) is 2.53. The summed E-state index contributed by atoms with van der Waals surface area (Å²) in [5.74, 6) is 0.676. The first-order chi connectivity index (χ1) is 8.18. The third kappa shape index (κ3) is 3.14. The molecular weight excluding hydrogens is 212 g/mol. The zero-order valence-corrected chi connectivity index (χ0v) is 11.3. The first kappa shape index (κ1) is 12.7. The highest BCUT2D eigenvalue weighted by Gasteiger charge is 2.28. The van der Waals surface area contributed by atoms with Gasteiger partial charge in [-0.15, -0.1) is 0 Å². The molecule has 0 N–H and O–H groups in total.